The van der Waals surface area contributed by atoms with E-state index in [1.165, 1.54) is 25.7 Å². The van der Waals surface area contributed by atoms with Crippen molar-refractivity contribution >= 4 is 27.6 Å². The zero-order valence-electron chi connectivity index (χ0n) is 12.0. The number of hydrogen-bond donors (Lipinski definition) is 1. The van der Waals surface area contributed by atoms with Crippen LogP contribution in [0, 0.1) is 0 Å². The lowest BCUT2D eigenvalue weighted by atomic mass is 10.3. The van der Waals surface area contributed by atoms with Gasteiger partial charge in [0.2, 0.25) is 0 Å². The van der Waals surface area contributed by atoms with Crippen molar-refractivity contribution in [2.24, 2.45) is 0 Å². The van der Waals surface area contributed by atoms with Crippen molar-refractivity contribution in [2.45, 2.75) is 38.3 Å². The van der Waals surface area contributed by atoms with Crippen LogP contribution < -0.4 is 5.73 Å². The molecule has 0 aliphatic heterocycles. The lowest BCUT2D eigenvalue weighted by Crippen LogP contribution is -2.10. The number of aromatic nitrogens is 3. The number of hydrogen-bond acceptors (Lipinski definition) is 5. The van der Waals surface area contributed by atoms with E-state index in [1.807, 2.05) is 16.9 Å². The van der Waals surface area contributed by atoms with Crippen molar-refractivity contribution in [3.05, 3.63) is 40.4 Å². The second-order valence-electron chi connectivity index (χ2n) is 5.38. The van der Waals surface area contributed by atoms with Crippen LogP contribution in [0.5, 0.6) is 0 Å². The number of ether oxygens (including phenoxy) is 1. The fourth-order valence-electron chi connectivity index (χ4n) is 2.60. The van der Waals surface area contributed by atoms with E-state index in [4.69, 9.17) is 10.5 Å². The minimum absolute atomic E-state index is 0.141. The quantitative estimate of drug-likeness (QED) is 0.665. The zero-order chi connectivity index (χ0) is 15.5. The lowest BCUT2D eigenvalue weighted by molar-refractivity contribution is 0.0459. The Balaban J connectivity index is 1.59. The molecule has 0 aromatic carbocycles. The molecule has 0 bridgehead atoms. The van der Waals surface area contributed by atoms with Gasteiger partial charge in [-0.1, -0.05) is 12.8 Å². The monoisotopic (exact) mass is 364 g/mol. The summed E-state index contributed by atoms with van der Waals surface area (Å²) in [7, 11) is 0. The van der Waals surface area contributed by atoms with E-state index in [9.17, 15) is 4.79 Å². The Labute approximate surface area is 136 Å². The van der Waals surface area contributed by atoms with Gasteiger partial charge in [0.1, 0.15) is 16.9 Å². The Morgan fingerprint density at radius 1 is 1.36 bits per heavy atom. The van der Waals surface area contributed by atoms with E-state index in [2.05, 4.69) is 26.0 Å². The van der Waals surface area contributed by atoms with Crippen LogP contribution in [0.2, 0.25) is 0 Å². The molecule has 2 heterocycles. The summed E-state index contributed by atoms with van der Waals surface area (Å²) in [4.78, 5) is 16.0. The number of halogens is 1. The molecule has 0 unspecified atom stereocenters. The lowest BCUT2D eigenvalue weighted by Gasteiger charge is -2.09. The van der Waals surface area contributed by atoms with Crippen molar-refractivity contribution in [3.63, 3.8) is 0 Å². The first-order chi connectivity index (χ1) is 10.6. The predicted molar refractivity (Wildman–Crippen MR) is 85.2 cm³/mol. The molecular formula is C15H17BrN4O2. The van der Waals surface area contributed by atoms with E-state index in [-0.39, 0.29) is 12.3 Å². The normalized spacial score (nSPS) is 15.1. The number of nitrogens with two attached hydrogens (primary N) is 1. The molecule has 22 heavy (non-hydrogen) atoms. The number of carbonyl (C=O) groups excluding carboxylic acids is 1. The Bertz CT molecular complexity index is 680. The standard InChI is InChI=1S/C15H17BrN4O2/c16-14-12(17)5-6-13(18-14)15(21)22-9-10-7-8-20(19-10)11-3-1-2-4-11/h5-8,11H,1-4,9,17H2. The minimum Gasteiger partial charge on any atom is -0.454 e. The maximum absolute atomic E-state index is 12.0. The molecule has 116 valence electrons. The number of carbonyl (C=O) groups is 1. The van der Waals surface area contributed by atoms with Crippen molar-refractivity contribution in [2.75, 3.05) is 5.73 Å². The number of nitrogens with zero attached hydrogens (tertiary/aromatic N) is 3. The molecule has 1 aliphatic carbocycles. The first-order valence-corrected chi connectivity index (χ1v) is 8.06. The highest BCUT2D eigenvalue weighted by molar-refractivity contribution is 9.10. The van der Waals surface area contributed by atoms with Crippen LogP contribution in [-0.4, -0.2) is 20.7 Å². The maximum atomic E-state index is 12.0. The van der Waals surface area contributed by atoms with Gasteiger partial charge in [0.25, 0.3) is 0 Å². The van der Waals surface area contributed by atoms with E-state index in [0.717, 1.165) is 5.69 Å². The third kappa shape index (κ3) is 3.30. The average molecular weight is 365 g/mol. The van der Waals surface area contributed by atoms with Crippen LogP contribution in [0.3, 0.4) is 0 Å². The minimum atomic E-state index is -0.490. The molecule has 6 nitrogen and oxygen atoms in total. The van der Waals surface area contributed by atoms with Crippen LogP contribution in [-0.2, 0) is 11.3 Å². The molecule has 2 aromatic rings. The second kappa shape index (κ2) is 6.48. The Morgan fingerprint density at radius 2 is 2.14 bits per heavy atom. The summed E-state index contributed by atoms with van der Waals surface area (Å²) < 4.78 is 7.66. The number of nitrogen functional groups attached to an aromatic ring is 1. The number of anilines is 1. The number of esters is 1. The van der Waals surface area contributed by atoms with Gasteiger partial charge in [-0.2, -0.15) is 5.10 Å². The van der Waals surface area contributed by atoms with Crippen LogP contribution in [0.15, 0.2) is 29.0 Å². The highest BCUT2D eigenvalue weighted by Gasteiger charge is 2.18. The first-order valence-electron chi connectivity index (χ1n) is 7.26. The third-order valence-corrected chi connectivity index (χ3v) is 4.44. The Morgan fingerprint density at radius 3 is 2.86 bits per heavy atom. The van der Waals surface area contributed by atoms with Gasteiger partial charge in [-0.25, -0.2) is 9.78 Å². The summed E-state index contributed by atoms with van der Waals surface area (Å²) in [6.07, 6.45) is 6.81. The van der Waals surface area contributed by atoms with Gasteiger partial charge in [-0.05, 0) is 47.0 Å². The van der Waals surface area contributed by atoms with Gasteiger partial charge in [0, 0.05) is 6.20 Å². The third-order valence-electron chi connectivity index (χ3n) is 3.80. The molecule has 1 fully saturated rings. The van der Waals surface area contributed by atoms with Gasteiger partial charge < -0.3 is 10.5 Å². The highest BCUT2D eigenvalue weighted by Crippen LogP contribution is 2.28. The predicted octanol–water partition coefficient (Wildman–Crippen LogP) is 3.09. The van der Waals surface area contributed by atoms with Gasteiger partial charge >= 0.3 is 5.97 Å². The smallest absolute Gasteiger partial charge is 0.357 e. The molecule has 0 spiro atoms. The average Bonchev–Trinajstić information content (AvgIpc) is 3.18. The Hall–Kier alpha value is -1.89. The molecule has 0 amide bonds. The maximum Gasteiger partial charge on any atom is 0.357 e. The molecule has 1 saturated carbocycles. The van der Waals surface area contributed by atoms with E-state index < -0.39 is 5.97 Å². The summed E-state index contributed by atoms with van der Waals surface area (Å²) >= 11 is 3.19. The van der Waals surface area contributed by atoms with Crippen molar-refractivity contribution in [1.29, 1.82) is 0 Å². The summed E-state index contributed by atoms with van der Waals surface area (Å²) in [6.45, 7) is 0.141. The summed E-state index contributed by atoms with van der Waals surface area (Å²) in [6, 6.07) is 5.53. The van der Waals surface area contributed by atoms with E-state index >= 15 is 0 Å². The van der Waals surface area contributed by atoms with Crippen LogP contribution in [0.4, 0.5) is 5.69 Å². The van der Waals surface area contributed by atoms with Gasteiger partial charge in [0.15, 0.2) is 0 Å². The van der Waals surface area contributed by atoms with E-state index in [0.29, 0.717) is 16.3 Å². The summed E-state index contributed by atoms with van der Waals surface area (Å²) in [5.41, 5.74) is 7.08. The molecule has 0 saturated heterocycles. The zero-order valence-corrected chi connectivity index (χ0v) is 13.6. The first kappa shape index (κ1) is 15.0. The molecule has 0 radical (unpaired) electrons. The molecule has 2 aromatic heterocycles. The number of pyridine rings is 1. The van der Waals surface area contributed by atoms with Gasteiger partial charge in [0.05, 0.1) is 17.4 Å². The fourth-order valence-corrected chi connectivity index (χ4v) is 2.92. The number of rotatable bonds is 4. The van der Waals surface area contributed by atoms with Crippen LogP contribution >= 0.6 is 15.9 Å². The van der Waals surface area contributed by atoms with Gasteiger partial charge in [-0.15, -0.1) is 0 Å². The van der Waals surface area contributed by atoms with Crippen molar-refractivity contribution in [3.8, 4) is 0 Å². The largest absolute Gasteiger partial charge is 0.454 e. The van der Waals surface area contributed by atoms with Crippen molar-refractivity contribution in [1.82, 2.24) is 14.8 Å². The molecule has 7 heteroatoms. The second-order valence-corrected chi connectivity index (χ2v) is 6.13. The molecule has 1 aliphatic rings. The van der Waals surface area contributed by atoms with E-state index in [1.54, 1.807) is 12.1 Å². The SMILES string of the molecule is Nc1ccc(C(=O)OCc2ccn(C3CCCC3)n2)nc1Br. The molecule has 2 N–H and O–H groups in total. The van der Waals surface area contributed by atoms with Crippen LogP contribution in [0.25, 0.3) is 0 Å². The van der Waals surface area contributed by atoms with Gasteiger partial charge in [-0.3, -0.25) is 4.68 Å². The van der Waals surface area contributed by atoms with Crippen molar-refractivity contribution < 1.29 is 9.53 Å². The summed E-state index contributed by atoms with van der Waals surface area (Å²) in [5, 5.41) is 4.48. The molecule has 0 atom stereocenters. The topological polar surface area (TPSA) is 83.0 Å². The fraction of sp³-hybridized carbons (Fsp3) is 0.400. The Kier molecular flexibility index (Phi) is 4.42. The van der Waals surface area contributed by atoms with Crippen LogP contribution in [0.1, 0.15) is 47.9 Å². The molecule has 3 rings (SSSR count). The summed E-state index contributed by atoms with van der Waals surface area (Å²) in [5.74, 6) is -0.490. The highest BCUT2D eigenvalue weighted by atomic mass is 79.9. The molecular weight excluding hydrogens is 348 g/mol.